The maximum atomic E-state index is 12.4. The number of hydrogen-bond donors (Lipinski definition) is 3. The van der Waals surface area contributed by atoms with Crippen LogP contribution in [0.15, 0.2) is 65.2 Å². The first kappa shape index (κ1) is 19.4. The lowest BCUT2D eigenvalue weighted by Gasteiger charge is -2.28. The Kier molecular flexibility index (Phi) is 6.03. The summed E-state index contributed by atoms with van der Waals surface area (Å²) in [5, 5.41) is 7.12. The fraction of sp³-hybridized carbons (Fsp3) is 0.304. The maximum absolute atomic E-state index is 12.4. The number of carbonyl (C=O) groups is 1. The van der Waals surface area contributed by atoms with E-state index in [1.165, 1.54) is 15.4 Å². The summed E-state index contributed by atoms with van der Waals surface area (Å²) in [7, 11) is 0. The predicted molar refractivity (Wildman–Crippen MR) is 112 cm³/mol. The highest BCUT2D eigenvalue weighted by Crippen LogP contribution is 2.20. The van der Waals surface area contributed by atoms with Gasteiger partial charge in [0, 0.05) is 11.8 Å². The van der Waals surface area contributed by atoms with Crippen LogP contribution < -0.4 is 15.1 Å². The number of amides is 1. The van der Waals surface area contributed by atoms with E-state index in [0.717, 1.165) is 55.4 Å². The van der Waals surface area contributed by atoms with Gasteiger partial charge in [0.1, 0.15) is 44.2 Å². The number of nitrogens with zero attached hydrogens (tertiary/aromatic N) is 1. The largest absolute Gasteiger partial charge is 0.361 e. The minimum atomic E-state index is 0.0723. The van der Waals surface area contributed by atoms with E-state index in [0.29, 0.717) is 6.54 Å². The van der Waals surface area contributed by atoms with E-state index in [2.05, 4.69) is 22.6 Å². The summed E-state index contributed by atoms with van der Waals surface area (Å²) in [5.41, 5.74) is 4.18. The molecule has 4 rings (SSSR count). The fourth-order valence-electron chi connectivity index (χ4n) is 3.88. The first-order chi connectivity index (χ1) is 14.2. The highest BCUT2D eigenvalue weighted by molar-refractivity contribution is 5.91. The normalized spacial score (nSPS) is 19.1. The third-order valence-electron chi connectivity index (χ3n) is 5.46. The van der Waals surface area contributed by atoms with Crippen molar-refractivity contribution in [3.63, 3.8) is 0 Å². The number of rotatable bonds is 6. The third kappa shape index (κ3) is 5.31. The van der Waals surface area contributed by atoms with Gasteiger partial charge in [0.25, 0.3) is 5.91 Å². The van der Waals surface area contributed by atoms with Gasteiger partial charge in [0.2, 0.25) is 0 Å². The monoisotopic (exact) mass is 392 g/mol. The lowest BCUT2D eigenvalue weighted by Crippen LogP contribution is -3.28. The number of hydrogen-bond acceptors (Lipinski definition) is 3. The maximum Gasteiger partial charge on any atom is 0.279 e. The van der Waals surface area contributed by atoms with Crippen LogP contribution in [0.5, 0.6) is 0 Å². The number of aromatic nitrogens is 1. The minimum absolute atomic E-state index is 0.0723. The topological polar surface area (TPSA) is 64.0 Å². The smallest absolute Gasteiger partial charge is 0.279 e. The molecule has 0 bridgehead atoms. The van der Waals surface area contributed by atoms with Gasteiger partial charge in [0.15, 0.2) is 6.54 Å². The van der Waals surface area contributed by atoms with Crippen molar-refractivity contribution < 1.29 is 19.1 Å². The number of quaternary nitrogens is 2. The van der Waals surface area contributed by atoms with E-state index in [9.17, 15) is 4.79 Å². The Morgan fingerprint density at radius 3 is 2.28 bits per heavy atom. The van der Waals surface area contributed by atoms with Crippen LogP contribution in [0, 0.1) is 6.92 Å². The van der Waals surface area contributed by atoms with Crippen molar-refractivity contribution in [2.45, 2.75) is 13.5 Å². The molecule has 1 aliphatic heterocycles. The van der Waals surface area contributed by atoms with Crippen LogP contribution in [0.1, 0.15) is 11.5 Å². The van der Waals surface area contributed by atoms with Crippen molar-refractivity contribution in [3.05, 3.63) is 72.1 Å². The molecule has 0 aliphatic carbocycles. The molecule has 6 nitrogen and oxygen atoms in total. The molecule has 3 N–H and O–H groups in total. The standard InChI is InChI=1S/C23H26N4O2/c1-18-15-22(25-29-18)16-26-11-13-27(14-12-26)17-23(28)24-21-9-7-20(8-10-21)19-5-3-2-4-6-19/h2-10,15H,11-14,16-17H2,1H3,(H,24,28)/p+2. The highest BCUT2D eigenvalue weighted by atomic mass is 16.5. The van der Waals surface area contributed by atoms with Crippen molar-refractivity contribution in [2.24, 2.45) is 0 Å². The number of nitrogens with one attached hydrogen (secondary N) is 3. The van der Waals surface area contributed by atoms with Crippen molar-refractivity contribution in [1.29, 1.82) is 0 Å². The molecule has 1 amide bonds. The fourth-order valence-corrected chi connectivity index (χ4v) is 3.88. The van der Waals surface area contributed by atoms with Gasteiger partial charge in [-0.25, -0.2) is 0 Å². The van der Waals surface area contributed by atoms with E-state index in [1.54, 1.807) is 0 Å². The molecule has 1 aromatic heterocycles. The Labute approximate surface area is 171 Å². The van der Waals surface area contributed by atoms with Crippen LogP contribution >= 0.6 is 0 Å². The zero-order valence-corrected chi connectivity index (χ0v) is 16.8. The second-order valence-corrected chi connectivity index (χ2v) is 7.77. The molecule has 0 radical (unpaired) electrons. The molecule has 1 aliphatic rings. The number of piperazine rings is 1. The van der Waals surface area contributed by atoms with E-state index in [4.69, 9.17) is 4.52 Å². The molecule has 6 heteroatoms. The molecular formula is C23H28N4O2+2. The van der Waals surface area contributed by atoms with Crippen LogP contribution in [0.4, 0.5) is 5.69 Å². The zero-order valence-electron chi connectivity index (χ0n) is 16.8. The lowest BCUT2D eigenvalue weighted by atomic mass is 10.1. The van der Waals surface area contributed by atoms with Crippen molar-refractivity contribution >= 4 is 11.6 Å². The van der Waals surface area contributed by atoms with Gasteiger partial charge in [-0.2, -0.15) is 0 Å². The Hall–Kier alpha value is -2.96. The van der Waals surface area contributed by atoms with Gasteiger partial charge < -0.3 is 19.6 Å². The number of carbonyl (C=O) groups excluding carboxylic acids is 1. The van der Waals surface area contributed by atoms with Gasteiger partial charge in [-0.15, -0.1) is 0 Å². The molecule has 1 fully saturated rings. The first-order valence-electron chi connectivity index (χ1n) is 10.2. The molecule has 3 aromatic rings. The SMILES string of the molecule is Cc1cc(C[NH+]2CC[NH+](CC(=O)Nc3ccc(-c4ccccc4)cc3)CC2)no1. The second-order valence-electron chi connectivity index (χ2n) is 7.77. The van der Waals surface area contributed by atoms with Crippen LogP contribution in [0.25, 0.3) is 11.1 Å². The number of aryl methyl sites for hydroxylation is 1. The minimum Gasteiger partial charge on any atom is -0.361 e. The van der Waals surface area contributed by atoms with E-state index < -0.39 is 0 Å². The van der Waals surface area contributed by atoms with Crippen molar-refractivity contribution in [3.8, 4) is 11.1 Å². The van der Waals surface area contributed by atoms with Crippen molar-refractivity contribution in [2.75, 3.05) is 38.0 Å². The summed E-state index contributed by atoms with van der Waals surface area (Å²) in [6, 6.07) is 20.3. The summed E-state index contributed by atoms with van der Waals surface area (Å²) < 4.78 is 5.15. The van der Waals surface area contributed by atoms with Crippen molar-refractivity contribution in [1.82, 2.24) is 5.16 Å². The van der Waals surface area contributed by atoms with E-state index in [-0.39, 0.29) is 5.91 Å². The molecule has 2 heterocycles. The molecule has 0 unspecified atom stereocenters. The second kappa shape index (κ2) is 9.03. The van der Waals surface area contributed by atoms with Crippen LogP contribution in [-0.2, 0) is 11.3 Å². The summed E-state index contributed by atoms with van der Waals surface area (Å²) >= 11 is 0. The van der Waals surface area contributed by atoms with Gasteiger partial charge >= 0.3 is 0 Å². The summed E-state index contributed by atoms with van der Waals surface area (Å²) in [4.78, 5) is 15.3. The molecule has 29 heavy (non-hydrogen) atoms. The molecule has 0 spiro atoms. The lowest BCUT2D eigenvalue weighted by molar-refractivity contribution is -1.02. The van der Waals surface area contributed by atoms with Gasteiger partial charge in [-0.3, -0.25) is 4.79 Å². The molecule has 2 aromatic carbocycles. The van der Waals surface area contributed by atoms with Crippen LogP contribution in [-0.4, -0.2) is 43.8 Å². The number of anilines is 1. The van der Waals surface area contributed by atoms with E-state index in [1.807, 2.05) is 55.5 Å². The highest BCUT2D eigenvalue weighted by Gasteiger charge is 2.25. The molecule has 150 valence electrons. The van der Waals surface area contributed by atoms with Crippen LogP contribution in [0.3, 0.4) is 0 Å². The van der Waals surface area contributed by atoms with Gasteiger partial charge in [0.05, 0.1) is 0 Å². The third-order valence-corrected chi connectivity index (χ3v) is 5.46. The average molecular weight is 393 g/mol. The summed E-state index contributed by atoms with van der Waals surface area (Å²) in [6.07, 6.45) is 0. The van der Waals surface area contributed by atoms with E-state index >= 15 is 0 Å². The zero-order chi connectivity index (χ0) is 20.1. The molecular weight excluding hydrogens is 364 g/mol. The quantitative estimate of drug-likeness (QED) is 0.575. The molecule has 1 saturated heterocycles. The van der Waals surface area contributed by atoms with Gasteiger partial charge in [-0.1, -0.05) is 47.6 Å². The number of benzene rings is 2. The Balaban J connectivity index is 1.23. The Morgan fingerprint density at radius 1 is 0.966 bits per heavy atom. The Morgan fingerprint density at radius 2 is 1.62 bits per heavy atom. The predicted octanol–water partition coefficient (Wildman–Crippen LogP) is 0.572. The average Bonchev–Trinajstić information content (AvgIpc) is 3.15. The van der Waals surface area contributed by atoms with Gasteiger partial charge in [-0.05, 0) is 30.2 Å². The summed E-state index contributed by atoms with van der Waals surface area (Å²) in [6.45, 7) is 7.39. The molecule has 0 atom stereocenters. The summed E-state index contributed by atoms with van der Waals surface area (Å²) in [5.74, 6) is 0.931. The Bertz CT molecular complexity index is 929. The van der Waals surface area contributed by atoms with Crippen LogP contribution in [0.2, 0.25) is 0 Å². The first-order valence-corrected chi connectivity index (χ1v) is 10.2. The molecule has 0 saturated carbocycles.